The van der Waals surface area contributed by atoms with Crippen molar-refractivity contribution in [2.45, 2.75) is 77.5 Å². The normalized spacial score (nSPS) is 12.6. The number of nitrogens with zero attached hydrogens (tertiary/aromatic N) is 3. The van der Waals surface area contributed by atoms with E-state index in [4.69, 9.17) is 4.98 Å². The van der Waals surface area contributed by atoms with E-state index in [1.54, 1.807) is 4.57 Å². The summed E-state index contributed by atoms with van der Waals surface area (Å²) in [6.45, 7) is 15.7. The molecule has 0 bridgehead atoms. The Morgan fingerprint density at radius 3 is 2.24 bits per heavy atom. The number of hydrogen-bond acceptors (Lipinski definition) is 5. The molecule has 6 nitrogen and oxygen atoms in total. The molecule has 7 heteroatoms. The fraction of sp³-hybridized carbons (Fsp3) is 0.444. The molecular weight excluding hydrogens is 444 g/mol. The summed E-state index contributed by atoms with van der Waals surface area (Å²) >= 11 is 1.33. The second-order valence-corrected chi connectivity index (χ2v) is 10.6. The van der Waals surface area contributed by atoms with Gasteiger partial charge in [0.05, 0.1) is 16.2 Å². The number of hydrogen-bond donors (Lipinski definition) is 1. The lowest BCUT2D eigenvalue weighted by atomic mass is 10.1. The van der Waals surface area contributed by atoms with Gasteiger partial charge in [0, 0.05) is 30.9 Å². The molecule has 1 atom stereocenters. The lowest BCUT2D eigenvalue weighted by Gasteiger charge is -2.31. The van der Waals surface area contributed by atoms with Gasteiger partial charge in [-0.2, -0.15) is 0 Å². The number of rotatable bonds is 9. The van der Waals surface area contributed by atoms with E-state index in [1.807, 2.05) is 63.2 Å². The summed E-state index contributed by atoms with van der Waals surface area (Å²) in [6, 6.07) is 14.1. The summed E-state index contributed by atoms with van der Waals surface area (Å²) in [5.41, 5.74) is 3.47. The lowest BCUT2D eigenvalue weighted by molar-refractivity contribution is -0.115. The Kier molecular flexibility index (Phi) is 8.55. The third kappa shape index (κ3) is 5.88. The van der Waals surface area contributed by atoms with Gasteiger partial charge in [0.1, 0.15) is 0 Å². The zero-order valence-corrected chi connectivity index (χ0v) is 22.1. The van der Waals surface area contributed by atoms with Gasteiger partial charge in [-0.3, -0.25) is 19.1 Å². The molecule has 1 unspecified atom stereocenters. The fourth-order valence-corrected chi connectivity index (χ4v) is 5.15. The molecule has 1 heterocycles. The summed E-state index contributed by atoms with van der Waals surface area (Å²) in [5, 5.41) is 3.81. The Morgan fingerprint density at radius 2 is 1.62 bits per heavy atom. The van der Waals surface area contributed by atoms with Crippen LogP contribution >= 0.6 is 11.8 Å². The van der Waals surface area contributed by atoms with Crippen molar-refractivity contribution in [3.8, 4) is 0 Å². The van der Waals surface area contributed by atoms with Gasteiger partial charge in [-0.05, 0) is 71.7 Å². The highest BCUT2D eigenvalue weighted by molar-refractivity contribution is 8.00. The van der Waals surface area contributed by atoms with Crippen molar-refractivity contribution >= 4 is 34.3 Å². The van der Waals surface area contributed by atoms with Crippen LogP contribution in [0.3, 0.4) is 0 Å². The van der Waals surface area contributed by atoms with Crippen LogP contribution in [0.15, 0.2) is 52.4 Å². The quantitative estimate of drug-likeness (QED) is 0.335. The largest absolute Gasteiger partial charge is 0.325 e. The van der Waals surface area contributed by atoms with Crippen molar-refractivity contribution in [2.24, 2.45) is 0 Å². The van der Waals surface area contributed by atoms with Crippen LogP contribution in [0.4, 0.5) is 5.69 Å². The van der Waals surface area contributed by atoms with E-state index < -0.39 is 5.25 Å². The van der Waals surface area contributed by atoms with Gasteiger partial charge < -0.3 is 5.32 Å². The zero-order chi connectivity index (χ0) is 25.0. The Balaban J connectivity index is 1.91. The van der Waals surface area contributed by atoms with Gasteiger partial charge in [0.15, 0.2) is 5.16 Å². The highest BCUT2D eigenvalue weighted by Gasteiger charge is 2.22. The molecule has 0 aliphatic heterocycles. The first-order valence-electron chi connectivity index (χ1n) is 11.9. The number of aromatic nitrogens is 2. The Morgan fingerprint density at radius 1 is 1.00 bits per heavy atom. The molecule has 182 valence electrons. The molecule has 0 aliphatic rings. The second kappa shape index (κ2) is 11.2. The number of nitrogens with one attached hydrogen (secondary N) is 1. The fourth-order valence-electron chi connectivity index (χ4n) is 4.21. The molecule has 0 fully saturated rings. The molecule has 2 aromatic carbocycles. The van der Waals surface area contributed by atoms with Crippen molar-refractivity contribution in [1.82, 2.24) is 14.5 Å². The molecule has 1 aromatic heterocycles. The lowest BCUT2D eigenvalue weighted by Crippen LogP contribution is -2.40. The molecule has 0 radical (unpaired) electrons. The van der Waals surface area contributed by atoms with E-state index in [2.05, 4.69) is 37.9 Å². The van der Waals surface area contributed by atoms with Crippen LogP contribution in [0.25, 0.3) is 10.9 Å². The molecule has 3 aromatic rings. The topological polar surface area (TPSA) is 67.2 Å². The summed E-state index contributed by atoms with van der Waals surface area (Å²) in [5.74, 6) is -0.109. The summed E-state index contributed by atoms with van der Waals surface area (Å²) < 4.78 is 1.73. The van der Waals surface area contributed by atoms with Gasteiger partial charge in [-0.25, -0.2) is 4.98 Å². The molecule has 0 aliphatic carbocycles. The van der Waals surface area contributed by atoms with Gasteiger partial charge in [-0.1, -0.05) is 42.1 Å². The summed E-state index contributed by atoms with van der Waals surface area (Å²) in [7, 11) is 0. The monoisotopic (exact) mass is 480 g/mol. The summed E-state index contributed by atoms with van der Waals surface area (Å²) in [6.07, 6.45) is 0. The predicted molar refractivity (Wildman–Crippen MR) is 143 cm³/mol. The molecule has 3 rings (SSSR count). The smallest absolute Gasteiger partial charge is 0.262 e. The van der Waals surface area contributed by atoms with E-state index in [-0.39, 0.29) is 11.5 Å². The number of para-hydroxylation sites is 2. The van der Waals surface area contributed by atoms with Gasteiger partial charge in [0.25, 0.3) is 5.56 Å². The first-order chi connectivity index (χ1) is 16.1. The molecule has 0 saturated heterocycles. The molecule has 0 spiro atoms. The highest BCUT2D eigenvalue weighted by Crippen LogP contribution is 2.26. The van der Waals surface area contributed by atoms with Gasteiger partial charge >= 0.3 is 0 Å². The van der Waals surface area contributed by atoms with Crippen molar-refractivity contribution < 1.29 is 4.79 Å². The van der Waals surface area contributed by atoms with Crippen molar-refractivity contribution in [2.75, 3.05) is 11.9 Å². The first-order valence-corrected chi connectivity index (χ1v) is 12.8. The van der Waals surface area contributed by atoms with E-state index in [0.717, 1.165) is 23.4 Å². The zero-order valence-electron chi connectivity index (χ0n) is 21.3. The standard InChI is InChI=1S/C27H36N4O2S/c1-17(2)30(18(3)4)15-16-31-26(33)22-13-8-9-14-23(22)28-27(31)34-21(7)25(32)29-24-19(5)11-10-12-20(24)6/h8-14,17-18,21H,15-16H2,1-7H3,(H,29,32). The number of amides is 1. The minimum atomic E-state index is -0.426. The van der Waals surface area contributed by atoms with Crippen molar-refractivity contribution in [3.05, 3.63) is 63.9 Å². The number of carbonyl (C=O) groups excluding carboxylic acids is 1. The molecule has 1 N–H and O–H groups in total. The SMILES string of the molecule is Cc1cccc(C)c1NC(=O)C(C)Sc1nc2ccccc2c(=O)n1CCN(C(C)C)C(C)C. The average Bonchev–Trinajstić information content (AvgIpc) is 2.77. The Labute approximate surface area is 206 Å². The van der Waals surface area contributed by atoms with Crippen LogP contribution in [0, 0.1) is 13.8 Å². The minimum absolute atomic E-state index is 0.0667. The third-order valence-corrected chi connectivity index (χ3v) is 7.21. The van der Waals surface area contributed by atoms with Gasteiger partial charge in [0.2, 0.25) is 5.91 Å². The first kappa shape index (κ1) is 26.0. The average molecular weight is 481 g/mol. The number of carbonyl (C=O) groups is 1. The number of anilines is 1. The predicted octanol–water partition coefficient (Wildman–Crippen LogP) is 5.25. The van der Waals surface area contributed by atoms with Crippen LogP contribution in [0.1, 0.15) is 45.7 Å². The van der Waals surface area contributed by atoms with Gasteiger partial charge in [-0.15, -0.1) is 0 Å². The number of benzene rings is 2. The minimum Gasteiger partial charge on any atom is -0.325 e. The maximum absolute atomic E-state index is 13.4. The van der Waals surface area contributed by atoms with Crippen LogP contribution in [0.5, 0.6) is 0 Å². The van der Waals surface area contributed by atoms with Crippen molar-refractivity contribution in [1.29, 1.82) is 0 Å². The maximum Gasteiger partial charge on any atom is 0.262 e. The van der Waals surface area contributed by atoms with E-state index >= 15 is 0 Å². The molecule has 34 heavy (non-hydrogen) atoms. The Bertz CT molecular complexity index is 1190. The third-order valence-electron chi connectivity index (χ3n) is 6.12. The van der Waals surface area contributed by atoms with Crippen LogP contribution in [-0.4, -0.2) is 44.2 Å². The van der Waals surface area contributed by atoms with Crippen LogP contribution in [0.2, 0.25) is 0 Å². The summed E-state index contributed by atoms with van der Waals surface area (Å²) in [4.78, 5) is 33.6. The van der Waals surface area contributed by atoms with E-state index in [9.17, 15) is 9.59 Å². The Hall–Kier alpha value is -2.64. The van der Waals surface area contributed by atoms with Crippen molar-refractivity contribution in [3.63, 3.8) is 0 Å². The molecule has 1 amide bonds. The number of fused-ring (bicyclic) bond motifs is 1. The van der Waals surface area contributed by atoms with Crippen LogP contribution in [-0.2, 0) is 11.3 Å². The molecule has 0 saturated carbocycles. The number of thioether (sulfide) groups is 1. The van der Waals surface area contributed by atoms with Crippen LogP contribution < -0.4 is 10.9 Å². The molecular formula is C27H36N4O2S. The van der Waals surface area contributed by atoms with E-state index in [1.165, 1.54) is 11.8 Å². The highest BCUT2D eigenvalue weighted by atomic mass is 32.2. The second-order valence-electron chi connectivity index (χ2n) is 9.31. The van der Waals surface area contributed by atoms with E-state index in [0.29, 0.717) is 34.7 Å². The maximum atomic E-state index is 13.4. The number of aryl methyl sites for hydroxylation is 2.